The van der Waals surface area contributed by atoms with E-state index >= 15 is 0 Å². The van der Waals surface area contributed by atoms with Crippen LogP contribution in [0.5, 0.6) is 0 Å². The average molecular weight is 276 g/mol. The second-order valence-electron chi connectivity index (χ2n) is 5.55. The Labute approximate surface area is 116 Å². The number of amides is 2. The monoisotopic (exact) mass is 276 g/mol. The van der Waals surface area contributed by atoms with Gasteiger partial charge in [-0.25, -0.2) is 0 Å². The van der Waals surface area contributed by atoms with Crippen molar-refractivity contribution in [3.8, 4) is 0 Å². The molecule has 0 bridgehead atoms. The molecule has 1 saturated carbocycles. The molecular weight excluding hydrogens is 260 g/mol. The molecule has 0 aromatic heterocycles. The maximum atomic E-state index is 12.1. The predicted molar refractivity (Wildman–Crippen MR) is 72.0 cm³/mol. The first-order valence-corrected chi connectivity index (χ1v) is 6.18. The van der Waals surface area contributed by atoms with Gasteiger partial charge < -0.3 is 16.2 Å². The van der Waals surface area contributed by atoms with Gasteiger partial charge in [-0.3, -0.25) is 14.4 Å². The molecule has 1 aliphatic rings. The van der Waals surface area contributed by atoms with Crippen LogP contribution in [0.4, 0.5) is 5.69 Å². The number of rotatable bonds is 4. The van der Waals surface area contributed by atoms with Crippen LogP contribution in [0.25, 0.3) is 0 Å². The molecule has 1 fully saturated rings. The van der Waals surface area contributed by atoms with Crippen LogP contribution in [0, 0.1) is 17.3 Å². The highest BCUT2D eigenvalue weighted by molar-refractivity contribution is 6.00. The minimum atomic E-state index is -0.959. The van der Waals surface area contributed by atoms with Gasteiger partial charge in [-0.1, -0.05) is 13.8 Å². The summed E-state index contributed by atoms with van der Waals surface area (Å²) in [7, 11) is 0. The summed E-state index contributed by atoms with van der Waals surface area (Å²) in [5.74, 6) is -3.03. The number of aliphatic carboxylic acids is 1. The lowest BCUT2D eigenvalue weighted by atomic mass is 10.1. The highest BCUT2D eigenvalue weighted by atomic mass is 16.4. The molecule has 0 spiro atoms. The summed E-state index contributed by atoms with van der Waals surface area (Å²) >= 11 is 0. The van der Waals surface area contributed by atoms with E-state index in [0.29, 0.717) is 11.3 Å². The lowest BCUT2D eigenvalue weighted by Crippen LogP contribution is -2.18. The van der Waals surface area contributed by atoms with E-state index in [9.17, 15) is 14.4 Å². The van der Waals surface area contributed by atoms with E-state index < -0.39 is 29.1 Å². The van der Waals surface area contributed by atoms with Gasteiger partial charge in [0.2, 0.25) is 11.8 Å². The SMILES string of the molecule is CC1(C)[C@@H](C(=O)O)[C@@H]1C(=O)Nc1ccc(C(N)=O)cc1. The highest BCUT2D eigenvalue weighted by Gasteiger charge is 2.65. The summed E-state index contributed by atoms with van der Waals surface area (Å²) in [4.78, 5) is 34.0. The van der Waals surface area contributed by atoms with Crippen LogP contribution in [0.2, 0.25) is 0 Å². The Morgan fingerprint density at radius 1 is 1.15 bits per heavy atom. The van der Waals surface area contributed by atoms with Crippen molar-refractivity contribution < 1.29 is 19.5 Å². The number of anilines is 1. The molecule has 0 saturated heterocycles. The van der Waals surface area contributed by atoms with Crippen LogP contribution < -0.4 is 11.1 Å². The van der Waals surface area contributed by atoms with E-state index in [2.05, 4.69) is 5.32 Å². The van der Waals surface area contributed by atoms with E-state index in [-0.39, 0.29) is 5.91 Å². The molecule has 2 atom stereocenters. The predicted octanol–water partition coefficient (Wildman–Crippen LogP) is 1.08. The number of carboxylic acid groups (broad SMARTS) is 1. The molecule has 1 aromatic rings. The van der Waals surface area contributed by atoms with Crippen molar-refractivity contribution in [2.45, 2.75) is 13.8 Å². The molecule has 106 valence electrons. The first kappa shape index (κ1) is 14.0. The fourth-order valence-electron chi connectivity index (χ4n) is 2.53. The Bertz CT molecular complexity index is 577. The molecule has 0 heterocycles. The minimum Gasteiger partial charge on any atom is -0.481 e. The lowest BCUT2D eigenvalue weighted by Gasteiger charge is -2.06. The van der Waals surface area contributed by atoms with Crippen molar-refractivity contribution in [3.63, 3.8) is 0 Å². The van der Waals surface area contributed by atoms with Crippen LogP contribution in [0.15, 0.2) is 24.3 Å². The maximum Gasteiger partial charge on any atom is 0.307 e. The second-order valence-corrected chi connectivity index (χ2v) is 5.55. The van der Waals surface area contributed by atoms with Crippen molar-refractivity contribution in [1.29, 1.82) is 0 Å². The van der Waals surface area contributed by atoms with Crippen molar-refractivity contribution in [1.82, 2.24) is 0 Å². The van der Waals surface area contributed by atoms with E-state index in [1.54, 1.807) is 26.0 Å². The Kier molecular flexibility index (Phi) is 3.25. The number of primary amides is 1. The quantitative estimate of drug-likeness (QED) is 0.764. The van der Waals surface area contributed by atoms with Gasteiger partial charge in [0, 0.05) is 11.3 Å². The van der Waals surface area contributed by atoms with E-state index in [1.165, 1.54) is 12.1 Å². The molecule has 2 amide bonds. The summed E-state index contributed by atoms with van der Waals surface area (Å²) in [6.07, 6.45) is 0. The number of carbonyl (C=O) groups excluding carboxylic acids is 2. The van der Waals surface area contributed by atoms with Crippen molar-refractivity contribution in [2.75, 3.05) is 5.32 Å². The van der Waals surface area contributed by atoms with Crippen molar-refractivity contribution in [2.24, 2.45) is 23.0 Å². The van der Waals surface area contributed by atoms with Gasteiger partial charge in [0.1, 0.15) is 0 Å². The summed E-state index contributed by atoms with van der Waals surface area (Å²) < 4.78 is 0. The molecule has 6 nitrogen and oxygen atoms in total. The van der Waals surface area contributed by atoms with Crippen LogP contribution in [-0.4, -0.2) is 22.9 Å². The third kappa shape index (κ3) is 2.36. The molecule has 2 rings (SSSR count). The highest BCUT2D eigenvalue weighted by Crippen LogP contribution is 2.58. The molecule has 0 unspecified atom stereocenters. The summed E-state index contributed by atoms with van der Waals surface area (Å²) in [6.45, 7) is 3.51. The van der Waals surface area contributed by atoms with Crippen molar-refractivity contribution >= 4 is 23.5 Å². The van der Waals surface area contributed by atoms with Crippen LogP contribution in [0.3, 0.4) is 0 Å². The van der Waals surface area contributed by atoms with Crippen molar-refractivity contribution in [3.05, 3.63) is 29.8 Å². The van der Waals surface area contributed by atoms with Gasteiger partial charge in [-0.15, -0.1) is 0 Å². The molecule has 0 radical (unpaired) electrons. The molecule has 0 aliphatic heterocycles. The summed E-state index contributed by atoms with van der Waals surface area (Å²) in [5, 5.41) is 11.7. The number of nitrogens with two attached hydrogens (primary N) is 1. The minimum absolute atomic E-state index is 0.325. The Morgan fingerprint density at radius 2 is 1.70 bits per heavy atom. The Morgan fingerprint density at radius 3 is 2.10 bits per heavy atom. The normalized spacial score (nSPS) is 22.9. The topological polar surface area (TPSA) is 109 Å². The van der Waals surface area contributed by atoms with Crippen LogP contribution in [-0.2, 0) is 9.59 Å². The first-order valence-electron chi connectivity index (χ1n) is 6.18. The van der Waals surface area contributed by atoms with Gasteiger partial charge in [-0.05, 0) is 29.7 Å². The number of hydrogen-bond donors (Lipinski definition) is 3. The first-order chi connectivity index (χ1) is 9.25. The summed E-state index contributed by atoms with van der Waals surface area (Å²) in [6, 6.07) is 6.13. The third-order valence-corrected chi connectivity index (χ3v) is 3.81. The number of carbonyl (C=O) groups is 3. The lowest BCUT2D eigenvalue weighted by molar-refractivity contribution is -0.140. The fraction of sp³-hybridized carbons (Fsp3) is 0.357. The standard InChI is InChI=1S/C14H16N2O4/c1-14(2)9(10(14)13(19)20)12(18)16-8-5-3-7(4-6-8)11(15)17/h3-6,9-10H,1-2H3,(H2,15,17)(H,16,18)(H,19,20)/t9-,10-/m1/s1. The Hall–Kier alpha value is -2.37. The molecule has 1 aromatic carbocycles. The largest absolute Gasteiger partial charge is 0.481 e. The number of hydrogen-bond acceptors (Lipinski definition) is 3. The number of benzene rings is 1. The number of carboxylic acids is 1. The van der Waals surface area contributed by atoms with Gasteiger partial charge in [0.25, 0.3) is 0 Å². The van der Waals surface area contributed by atoms with Gasteiger partial charge >= 0.3 is 5.97 Å². The van der Waals surface area contributed by atoms with E-state index in [1.807, 2.05) is 0 Å². The van der Waals surface area contributed by atoms with Gasteiger partial charge in [0.15, 0.2) is 0 Å². The average Bonchev–Trinajstić information content (AvgIpc) is 2.93. The van der Waals surface area contributed by atoms with E-state index in [4.69, 9.17) is 10.8 Å². The molecule has 1 aliphatic carbocycles. The smallest absolute Gasteiger partial charge is 0.307 e. The van der Waals surface area contributed by atoms with Gasteiger partial charge in [-0.2, -0.15) is 0 Å². The Balaban J connectivity index is 2.06. The molecule has 20 heavy (non-hydrogen) atoms. The zero-order valence-electron chi connectivity index (χ0n) is 11.2. The fourth-order valence-corrected chi connectivity index (χ4v) is 2.53. The van der Waals surface area contributed by atoms with Crippen LogP contribution >= 0.6 is 0 Å². The molecular formula is C14H16N2O4. The van der Waals surface area contributed by atoms with Crippen LogP contribution in [0.1, 0.15) is 24.2 Å². The zero-order valence-corrected chi connectivity index (χ0v) is 11.2. The number of nitrogens with one attached hydrogen (secondary N) is 1. The third-order valence-electron chi connectivity index (χ3n) is 3.81. The van der Waals surface area contributed by atoms with E-state index in [0.717, 1.165) is 0 Å². The molecule has 6 heteroatoms. The maximum absolute atomic E-state index is 12.1. The van der Waals surface area contributed by atoms with Gasteiger partial charge in [0.05, 0.1) is 11.8 Å². The summed E-state index contributed by atoms with van der Waals surface area (Å²) in [5.41, 5.74) is 5.43. The molecule has 4 N–H and O–H groups in total. The zero-order chi connectivity index (χ0) is 15.1. The second kappa shape index (κ2) is 4.63.